The van der Waals surface area contributed by atoms with Gasteiger partial charge in [-0.05, 0) is 31.6 Å². The van der Waals surface area contributed by atoms with Crippen LogP contribution in [0, 0.1) is 18.3 Å². The molecule has 0 heteroatoms. The molecule has 1 fully saturated rings. The van der Waals surface area contributed by atoms with Crippen LogP contribution in [-0.2, 0) is 0 Å². The Bertz CT molecular complexity index is 171. The molecule has 11 heavy (non-hydrogen) atoms. The van der Waals surface area contributed by atoms with Gasteiger partial charge in [0.25, 0.3) is 0 Å². The summed E-state index contributed by atoms with van der Waals surface area (Å²) in [7, 11) is 0. The van der Waals surface area contributed by atoms with Crippen LogP contribution in [0.15, 0.2) is 12.2 Å². The molecule has 0 spiro atoms. The molecule has 0 radical (unpaired) electrons. The van der Waals surface area contributed by atoms with E-state index in [-0.39, 0.29) is 0 Å². The predicted molar refractivity (Wildman–Crippen MR) is 49.2 cm³/mol. The molecule has 0 heterocycles. The number of hydrogen-bond acceptors (Lipinski definition) is 0. The van der Waals surface area contributed by atoms with Crippen molar-refractivity contribution >= 4 is 0 Å². The van der Waals surface area contributed by atoms with Gasteiger partial charge in [0.2, 0.25) is 0 Å². The van der Waals surface area contributed by atoms with E-state index in [1.54, 1.807) is 0 Å². The topological polar surface area (TPSA) is 0 Å². The molecule has 1 unspecified atom stereocenters. The summed E-state index contributed by atoms with van der Waals surface area (Å²) in [5, 5.41) is 0. The van der Waals surface area contributed by atoms with Gasteiger partial charge in [0.05, 0.1) is 0 Å². The molecule has 0 aliphatic heterocycles. The quantitative estimate of drug-likeness (QED) is 0.417. The highest BCUT2D eigenvalue weighted by atomic mass is 14.2. The van der Waals surface area contributed by atoms with Crippen LogP contribution in [0.2, 0.25) is 0 Å². The second kappa shape index (κ2) is 4.23. The largest absolute Gasteiger partial charge is 0.120 e. The van der Waals surface area contributed by atoms with Crippen LogP contribution in [0.5, 0.6) is 0 Å². The monoisotopic (exact) mass is 148 g/mol. The molecule has 0 aromatic heterocycles. The van der Waals surface area contributed by atoms with Gasteiger partial charge in [0.1, 0.15) is 0 Å². The molecule has 0 aromatic rings. The fourth-order valence-electron chi connectivity index (χ4n) is 1.76. The fourth-order valence-corrected chi connectivity index (χ4v) is 1.76. The zero-order valence-electron chi connectivity index (χ0n) is 7.10. The highest BCUT2D eigenvalue weighted by molar-refractivity contribution is 5.04. The molecule has 0 bridgehead atoms. The van der Waals surface area contributed by atoms with E-state index in [4.69, 9.17) is 6.42 Å². The molecule has 0 amide bonds. The minimum atomic E-state index is 0.736. The van der Waals surface area contributed by atoms with Crippen molar-refractivity contribution in [1.29, 1.82) is 0 Å². The summed E-state index contributed by atoms with van der Waals surface area (Å²) in [4.78, 5) is 0. The van der Waals surface area contributed by atoms with Gasteiger partial charge in [-0.25, -0.2) is 0 Å². The average molecular weight is 148 g/mol. The third-order valence-corrected chi connectivity index (χ3v) is 2.51. The standard InChI is InChI=1S/C11H16/c1-3-4-8-11-9-6-5-7-10(11)2/h1,11H,2,4-9H2. The SMILES string of the molecule is C#CCCC1CCCCC1=C. The van der Waals surface area contributed by atoms with Crippen molar-refractivity contribution in [3.8, 4) is 12.3 Å². The third kappa shape index (κ3) is 2.42. The van der Waals surface area contributed by atoms with Crippen LogP contribution >= 0.6 is 0 Å². The lowest BCUT2D eigenvalue weighted by Gasteiger charge is -2.23. The van der Waals surface area contributed by atoms with Gasteiger partial charge in [0.15, 0.2) is 0 Å². The van der Waals surface area contributed by atoms with Crippen LogP contribution < -0.4 is 0 Å². The lowest BCUT2D eigenvalue weighted by atomic mass is 9.82. The average Bonchev–Trinajstić information content (AvgIpc) is 2.03. The molecule has 1 aliphatic carbocycles. The van der Waals surface area contributed by atoms with E-state index in [0.717, 1.165) is 18.8 Å². The highest BCUT2D eigenvalue weighted by Crippen LogP contribution is 2.30. The smallest absolute Gasteiger partial charge is 0.00917 e. The van der Waals surface area contributed by atoms with E-state index in [1.165, 1.54) is 31.3 Å². The minimum Gasteiger partial charge on any atom is -0.120 e. The molecule has 1 aliphatic rings. The Labute approximate surface area is 69.7 Å². The molecular formula is C11H16. The van der Waals surface area contributed by atoms with E-state index < -0.39 is 0 Å². The van der Waals surface area contributed by atoms with E-state index in [0.29, 0.717) is 0 Å². The Morgan fingerprint density at radius 1 is 1.55 bits per heavy atom. The Kier molecular flexibility index (Phi) is 3.23. The van der Waals surface area contributed by atoms with Crippen LogP contribution in [0.3, 0.4) is 0 Å². The first-order valence-electron chi connectivity index (χ1n) is 4.45. The molecule has 0 nitrogen and oxygen atoms in total. The van der Waals surface area contributed by atoms with E-state index in [9.17, 15) is 0 Å². The second-order valence-corrected chi connectivity index (χ2v) is 3.34. The maximum absolute atomic E-state index is 5.21. The summed E-state index contributed by atoms with van der Waals surface area (Å²) < 4.78 is 0. The lowest BCUT2D eigenvalue weighted by Crippen LogP contribution is -2.08. The molecule has 1 atom stereocenters. The minimum absolute atomic E-state index is 0.736. The van der Waals surface area contributed by atoms with Gasteiger partial charge in [0, 0.05) is 6.42 Å². The maximum Gasteiger partial charge on any atom is 0.00917 e. The first-order chi connectivity index (χ1) is 5.34. The Morgan fingerprint density at radius 2 is 2.36 bits per heavy atom. The highest BCUT2D eigenvalue weighted by Gasteiger charge is 2.15. The van der Waals surface area contributed by atoms with Crippen molar-refractivity contribution in [2.75, 3.05) is 0 Å². The molecular weight excluding hydrogens is 132 g/mol. The molecule has 1 rings (SSSR count). The van der Waals surface area contributed by atoms with Gasteiger partial charge in [-0.1, -0.05) is 18.6 Å². The number of allylic oxidation sites excluding steroid dienone is 1. The van der Waals surface area contributed by atoms with Crippen molar-refractivity contribution in [3.63, 3.8) is 0 Å². The van der Waals surface area contributed by atoms with Gasteiger partial charge in [-0.2, -0.15) is 0 Å². The van der Waals surface area contributed by atoms with Crippen molar-refractivity contribution in [1.82, 2.24) is 0 Å². The van der Waals surface area contributed by atoms with Crippen molar-refractivity contribution < 1.29 is 0 Å². The second-order valence-electron chi connectivity index (χ2n) is 3.34. The molecule has 0 N–H and O–H groups in total. The fraction of sp³-hybridized carbons (Fsp3) is 0.636. The predicted octanol–water partition coefficient (Wildman–Crippen LogP) is 3.15. The van der Waals surface area contributed by atoms with E-state index in [1.807, 2.05) is 0 Å². The molecule has 1 saturated carbocycles. The van der Waals surface area contributed by atoms with Gasteiger partial charge in [-0.15, -0.1) is 12.3 Å². The maximum atomic E-state index is 5.21. The van der Waals surface area contributed by atoms with Crippen LogP contribution in [-0.4, -0.2) is 0 Å². The van der Waals surface area contributed by atoms with Crippen molar-refractivity contribution in [3.05, 3.63) is 12.2 Å². The van der Waals surface area contributed by atoms with E-state index >= 15 is 0 Å². The molecule has 0 aromatic carbocycles. The zero-order valence-corrected chi connectivity index (χ0v) is 7.10. The summed E-state index contributed by atoms with van der Waals surface area (Å²) in [5.74, 6) is 3.43. The summed E-state index contributed by atoms with van der Waals surface area (Å²) in [5.41, 5.74) is 1.44. The zero-order chi connectivity index (χ0) is 8.10. The van der Waals surface area contributed by atoms with Crippen molar-refractivity contribution in [2.45, 2.75) is 38.5 Å². The Balaban J connectivity index is 2.31. The number of hydrogen-bond donors (Lipinski definition) is 0. The number of rotatable bonds is 2. The van der Waals surface area contributed by atoms with Gasteiger partial charge in [-0.3, -0.25) is 0 Å². The van der Waals surface area contributed by atoms with Crippen molar-refractivity contribution in [2.24, 2.45) is 5.92 Å². The first-order valence-corrected chi connectivity index (χ1v) is 4.45. The third-order valence-electron chi connectivity index (χ3n) is 2.51. The molecule has 60 valence electrons. The summed E-state index contributed by atoms with van der Waals surface area (Å²) in [6.07, 6.45) is 12.6. The summed E-state index contributed by atoms with van der Waals surface area (Å²) >= 11 is 0. The Morgan fingerprint density at radius 3 is 3.00 bits per heavy atom. The molecule has 0 saturated heterocycles. The normalized spacial score (nSPS) is 24.6. The van der Waals surface area contributed by atoms with E-state index in [2.05, 4.69) is 12.5 Å². The summed E-state index contributed by atoms with van der Waals surface area (Å²) in [6.45, 7) is 4.08. The van der Waals surface area contributed by atoms with Gasteiger partial charge < -0.3 is 0 Å². The lowest BCUT2D eigenvalue weighted by molar-refractivity contribution is 0.434. The van der Waals surface area contributed by atoms with Crippen LogP contribution in [0.25, 0.3) is 0 Å². The van der Waals surface area contributed by atoms with Gasteiger partial charge >= 0.3 is 0 Å². The first kappa shape index (κ1) is 8.40. The number of terminal acetylenes is 1. The summed E-state index contributed by atoms with van der Waals surface area (Å²) in [6, 6.07) is 0. The van der Waals surface area contributed by atoms with Crippen LogP contribution in [0.4, 0.5) is 0 Å². The van der Waals surface area contributed by atoms with Crippen LogP contribution in [0.1, 0.15) is 38.5 Å². The Hall–Kier alpha value is -0.700.